The minimum atomic E-state index is -0.445. The summed E-state index contributed by atoms with van der Waals surface area (Å²) in [5.74, 6) is 0. The third-order valence-electron chi connectivity index (χ3n) is 4.29. The molecule has 24 heavy (non-hydrogen) atoms. The Morgan fingerprint density at radius 2 is 2.00 bits per heavy atom. The van der Waals surface area contributed by atoms with E-state index in [4.69, 9.17) is 4.74 Å². The van der Waals surface area contributed by atoms with E-state index in [2.05, 4.69) is 37.4 Å². The average Bonchev–Trinajstić information content (AvgIpc) is 2.45. The molecule has 0 saturated carbocycles. The second-order valence-corrected chi connectivity index (χ2v) is 7.06. The van der Waals surface area contributed by atoms with Crippen LogP contribution in [-0.4, -0.2) is 54.0 Å². The van der Waals surface area contributed by atoms with Crippen LogP contribution in [0.25, 0.3) is 0 Å². The van der Waals surface area contributed by atoms with Gasteiger partial charge in [-0.3, -0.25) is 0 Å². The number of rotatable bonds is 5. The number of urea groups is 1. The van der Waals surface area contributed by atoms with Gasteiger partial charge < -0.3 is 20.1 Å². The van der Waals surface area contributed by atoms with Gasteiger partial charge in [-0.05, 0) is 46.1 Å². The summed E-state index contributed by atoms with van der Waals surface area (Å²) in [5, 5.41) is 12.7. The molecule has 1 heterocycles. The van der Waals surface area contributed by atoms with E-state index >= 15 is 0 Å². The van der Waals surface area contributed by atoms with Crippen LogP contribution in [0.5, 0.6) is 0 Å². The molecule has 0 aromatic heterocycles. The maximum atomic E-state index is 12.6. The second-order valence-electron chi connectivity index (χ2n) is 7.06. The van der Waals surface area contributed by atoms with Crippen LogP contribution in [0, 0.1) is 13.8 Å². The van der Waals surface area contributed by atoms with Crippen molar-refractivity contribution in [2.45, 2.75) is 58.7 Å². The molecule has 0 aliphatic carbocycles. The molecule has 0 spiro atoms. The van der Waals surface area contributed by atoms with Crippen LogP contribution < -0.4 is 5.32 Å². The van der Waals surface area contributed by atoms with Crippen LogP contribution in [-0.2, 0) is 11.2 Å². The van der Waals surface area contributed by atoms with Gasteiger partial charge in [0.25, 0.3) is 0 Å². The van der Waals surface area contributed by atoms with Gasteiger partial charge in [0.15, 0.2) is 0 Å². The Morgan fingerprint density at radius 3 is 2.62 bits per heavy atom. The van der Waals surface area contributed by atoms with E-state index in [1.165, 1.54) is 16.7 Å². The van der Waals surface area contributed by atoms with Gasteiger partial charge in [0, 0.05) is 12.6 Å². The van der Waals surface area contributed by atoms with Crippen molar-refractivity contribution in [3.05, 3.63) is 34.9 Å². The fraction of sp³-hybridized carbons (Fsp3) is 0.632. The largest absolute Gasteiger partial charge is 0.393 e. The minimum absolute atomic E-state index is 0.0498. The molecule has 1 fully saturated rings. The zero-order valence-corrected chi connectivity index (χ0v) is 15.2. The second kappa shape index (κ2) is 8.49. The number of amides is 2. The van der Waals surface area contributed by atoms with Crippen molar-refractivity contribution in [3.63, 3.8) is 0 Å². The molecule has 5 nitrogen and oxygen atoms in total. The topological polar surface area (TPSA) is 61.8 Å². The van der Waals surface area contributed by atoms with E-state index in [-0.39, 0.29) is 18.1 Å². The van der Waals surface area contributed by atoms with Crippen molar-refractivity contribution in [2.24, 2.45) is 0 Å². The van der Waals surface area contributed by atoms with Crippen molar-refractivity contribution in [2.75, 3.05) is 19.8 Å². The Labute approximate surface area is 145 Å². The fourth-order valence-electron chi connectivity index (χ4n) is 3.40. The number of hydrogen-bond acceptors (Lipinski definition) is 3. The highest BCUT2D eigenvalue weighted by molar-refractivity contribution is 5.75. The molecule has 3 atom stereocenters. The predicted octanol–water partition coefficient (Wildman–Crippen LogP) is 2.42. The van der Waals surface area contributed by atoms with Gasteiger partial charge in [-0.1, -0.05) is 29.3 Å². The Hall–Kier alpha value is -1.59. The number of ether oxygens (including phenoxy) is 1. The van der Waals surface area contributed by atoms with Crippen LogP contribution in [0.1, 0.15) is 37.0 Å². The lowest BCUT2D eigenvalue weighted by atomic mass is 10.0. The maximum Gasteiger partial charge on any atom is 0.318 e. The van der Waals surface area contributed by atoms with Gasteiger partial charge in [0.2, 0.25) is 0 Å². The molecule has 1 aliphatic heterocycles. The molecule has 1 aromatic carbocycles. The highest BCUT2D eigenvalue weighted by atomic mass is 16.5. The Morgan fingerprint density at radius 1 is 1.33 bits per heavy atom. The van der Waals surface area contributed by atoms with E-state index < -0.39 is 6.10 Å². The van der Waals surface area contributed by atoms with Gasteiger partial charge in [-0.25, -0.2) is 4.79 Å². The normalized spacial score (nSPS) is 20.5. The van der Waals surface area contributed by atoms with Crippen LogP contribution >= 0.6 is 0 Å². The van der Waals surface area contributed by atoms with Gasteiger partial charge in [-0.15, -0.1) is 0 Å². The Bertz CT molecular complexity index is 539. The molecule has 2 amide bonds. The quantitative estimate of drug-likeness (QED) is 0.869. The summed E-state index contributed by atoms with van der Waals surface area (Å²) in [4.78, 5) is 14.4. The molecule has 134 valence electrons. The molecule has 5 heteroatoms. The molecule has 1 aliphatic rings. The predicted molar refractivity (Wildman–Crippen MR) is 95.2 cm³/mol. The lowest BCUT2D eigenvalue weighted by Crippen LogP contribution is -2.54. The summed E-state index contributed by atoms with van der Waals surface area (Å²) in [6.45, 7) is 9.56. The van der Waals surface area contributed by atoms with Crippen LogP contribution in [0.3, 0.4) is 0 Å². The first-order valence-corrected chi connectivity index (χ1v) is 8.75. The number of benzene rings is 1. The van der Waals surface area contributed by atoms with Crippen LogP contribution in [0.4, 0.5) is 4.79 Å². The molecular formula is C19H30N2O3. The Balaban J connectivity index is 1.94. The molecule has 0 radical (unpaired) electrons. The first-order chi connectivity index (χ1) is 11.3. The monoisotopic (exact) mass is 334 g/mol. The summed E-state index contributed by atoms with van der Waals surface area (Å²) in [5.41, 5.74) is 3.73. The summed E-state index contributed by atoms with van der Waals surface area (Å²) < 4.78 is 5.46. The van der Waals surface area contributed by atoms with Gasteiger partial charge >= 0.3 is 6.03 Å². The summed E-state index contributed by atoms with van der Waals surface area (Å²) in [7, 11) is 0. The zero-order valence-electron chi connectivity index (χ0n) is 15.2. The number of nitrogens with zero attached hydrogens (tertiary/aromatic N) is 1. The zero-order chi connectivity index (χ0) is 17.7. The standard InChI is InChI=1S/C19H30N2O3/c1-13-7-14(2)9-17(8-13)10-15(3)20-19(23)21-5-6-24-12-18(21)11-16(4)22/h7-9,15-16,18,22H,5-6,10-12H2,1-4H3,(H,20,23)/t15-,16-,18+/m0/s1. The molecular weight excluding hydrogens is 304 g/mol. The summed E-state index contributed by atoms with van der Waals surface area (Å²) >= 11 is 0. The van der Waals surface area contributed by atoms with Crippen molar-refractivity contribution in [1.29, 1.82) is 0 Å². The molecule has 2 rings (SSSR count). The molecule has 1 aromatic rings. The van der Waals surface area contributed by atoms with Gasteiger partial charge in [0.1, 0.15) is 0 Å². The maximum absolute atomic E-state index is 12.6. The number of aliphatic hydroxyl groups is 1. The molecule has 0 unspecified atom stereocenters. The smallest absolute Gasteiger partial charge is 0.318 e. The van der Waals surface area contributed by atoms with E-state index in [0.29, 0.717) is 26.2 Å². The summed E-state index contributed by atoms with van der Waals surface area (Å²) in [6.07, 6.45) is 0.901. The number of aryl methyl sites for hydroxylation is 2. The molecule has 2 N–H and O–H groups in total. The number of nitrogens with one attached hydrogen (secondary N) is 1. The lowest BCUT2D eigenvalue weighted by Gasteiger charge is -2.37. The highest BCUT2D eigenvalue weighted by Crippen LogP contribution is 2.14. The SMILES string of the molecule is Cc1cc(C)cc(C[C@H](C)NC(=O)N2CCOC[C@H]2C[C@H](C)O)c1. The third-order valence-corrected chi connectivity index (χ3v) is 4.29. The van der Waals surface area contributed by atoms with Crippen molar-refractivity contribution in [1.82, 2.24) is 10.2 Å². The summed E-state index contributed by atoms with van der Waals surface area (Å²) in [6, 6.07) is 6.41. The number of carbonyl (C=O) groups is 1. The van der Waals surface area contributed by atoms with Gasteiger partial charge in [0.05, 0.1) is 25.4 Å². The van der Waals surface area contributed by atoms with Crippen molar-refractivity contribution in [3.8, 4) is 0 Å². The number of hydrogen-bond donors (Lipinski definition) is 2. The third kappa shape index (κ3) is 5.49. The minimum Gasteiger partial charge on any atom is -0.393 e. The molecule has 0 bridgehead atoms. The number of carbonyl (C=O) groups excluding carboxylic acids is 1. The number of aliphatic hydroxyl groups excluding tert-OH is 1. The van der Waals surface area contributed by atoms with Crippen LogP contribution in [0.15, 0.2) is 18.2 Å². The average molecular weight is 334 g/mol. The first-order valence-electron chi connectivity index (χ1n) is 8.75. The first kappa shape index (κ1) is 18.7. The van der Waals surface area contributed by atoms with Gasteiger partial charge in [-0.2, -0.15) is 0 Å². The van der Waals surface area contributed by atoms with Crippen molar-refractivity contribution >= 4 is 6.03 Å². The van der Waals surface area contributed by atoms with E-state index in [1.54, 1.807) is 11.8 Å². The van der Waals surface area contributed by atoms with E-state index in [0.717, 1.165) is 6.42 Å². The number of morpholine rings is 1. The van der Waals surface area contributed by atoms with Crippen molar-refractivity contribution < 1.29 is 14.6 Å². The Kier molecular flexibility index (Phi) is 6.63. The van der Waals surface area contributed by atoms with Crippen LogP contribution in [0.2, 0.25) is 0 Å². The lowest BCUT2D eigenvalue weighted by molar-refractivity contribution is -0.00471. The highest BCUT2D eigenvalue weighted by Gasteiger charge is 2.28. The molecule has 1 saturated heterocycles. The van der Waals surface area contributed by atoms with E-state index in [9.17, 15) is 9.90 Å². The fourth-order valence-corrected chi connectivity index (χ4v) is 3.40. The van der Waals surface area contributed by atoms with E-state index in [1.807, 2.05) is 6.92 Å².